The van der Waals surface area contributed by atoms with Crippen molar-refractivity contribution in [1.29, 1.82) is 0 Å². The molecule has 2 rings (SSSR count). The van der Waals surface area contributed by atoms with Gasteiger partial charge in [-0.3, -0.25) is 4.98 Å². The Balaban J connectivity index is 2.23. The zero-order valence-electron chi connectivity index (χ0n) is 12.9. The van der Waals surface area contributed by atoms with E-state index in [-0.39, 0.29) is 5.54 Å². The van der Waals surface area contributed by atoms with Crippen molar-refractivity contribution in [2.24, 2.45) is 0 Å². The number of nitrogens with one attached hydrogen (secondary N) is 1. The number of aryl methyl sites for hydroxylation is 1. The maximum atomic E-state index is 6.05. The number of hydrogen-bond donors (Lipinski definition) is 1. The fourth-order valence-electron chi connectivity index (χ4n) is 1.81. The lowest BCUT2D eigenvalue weighted by atomic mass is 10.1. The third-order valence-electron chi connectivity index (χ3n) is 2.91. The van der Waals surface area contributed by atoms with Gasteiger partial charge in [-0.1, -0.05) is 6.07 Å². The molecular formula is C17H21IN2O. The van der Waals surface area contributed by atoms with Gasteiger partial charge in [-0.05, 0) is 68.5 Å². The van der Waals surface area contributed by atoms with Crippen LogP contribution in [0.2, 0.25) is 0 Å². The van der Waals surface area contributed by atoms with E-state index in [1.165, 1.54) is 0 Å². The number of hydrogen-bond acceptors (Lipinski definition) is 3. The Labute approximate surface area is 140 Å². The van der Waals surface area contributed by atoms with Crippen molar-refractivity contribution < 1.29 is 4.74 Å². The van der Waals surface area contributed by atoms with Crippen LogP contribution in [0.1, 0.15) is 32.0 Å². The summed E-state index contributed by atoms with van der Waals surface area (Å²) < 4.78 is 7.21. The van der Waals surface area contributed by atoms with Gasteiger partial charge >= 0.3 is 0 Å². The van der Waals surface area contributed by atoms with E-state index in [1.54, 1.807) is 0 Å². The molecule has 1 aromatic carbocycles. The molecule has 1 aromatic heterocycles. The second-order valence-electron chi connectivity index (χ2n) is 6.10. The lowest BCUT2D eigenvalue weighted by Gasteiger charge is -2.21. The van der Waals surface area contributed by atoms with Crippen LogP contribution < -0.4 is 10.1 Å². The monoisotopic (exact) mass is 396 g/mol. The van der Waals surface area contributed by atoms with Crippen molar-refractivity contribution in [1.82, 2.24) is 10.3 Å². The zero-order valence-corrected chi connectivity index (χ0v) is 15.1. The number of ether oxygens (including phenoxy) is 1. The van der Waals surface area contributed by atoms with Gasteiger partial charge in [-0.2, -0.15) is 0 Å². The molecule has 21 heavy (non-hydrogen) atoms. The maximum absolute atomic E-state index is 6.05. The molecule has 1 heterocycles. The molecule has 3 nitrogen and oxygen atoms in total. The Morgan fingerprint density at radius 1 is 1.24 bits per heavy atom. The van der Waals surface area contributed by atoms with Gasteiger partial charge in [-0.15, -0.1) is 0 Å². The van der Waals surface area contributed by atoms with Crippen LogP contribution in [0, 0.1) is 10.5 Å². The van der Waals surface area contributed by atoms with Crippen LogP contribution >= 0.6 is 22.6 Å². The zero-order chi connectivity index (χ0) is 15.5. The number of rotatable bonds is 4. The topological polar surface area (TPSA) is 34.1 Å². The van der Waals surface area contributed by atoms with Gasteiger partial charge < -0.3 is 10.1 Å². The second kappa shape index (κ2) is 6.75. The van der Waals surface area contributed by atoms with Crippen LogP contribution in [0.3, 0.4) is 0 Å². The van der Waals surface area contributed by atoms with Gasteiger partial charge in [0.2, 0.25) is 0 Å². The molecule has 1 N–H and O–H groups in total. The molecule has 0 radical (unpaired) electrons. The molecule has 0 fully saturated rings. The summed E-state index contributed by atoms with van der Waals surface area (Å²) in [6.45, 7) is 9.15. The minimum Gasteiger partial charge on any atom is -0.457 e. The maximum Gasteiger partial charge on any atom is 0.135 e. The Morgan fingerprint density at radius 2 is 2.00 bits per heavy atom. The van der Waals surface area contributed by atoms with Crippen molar-refractivity contribution in [3.8, 4) is 11.5 Å². The Kier molecular flexibility index (Phi) is 5.22. The second-order valence-corrected chi connectivity index (χ2v) is 7.34. The predicted molar refractivity (Wildman–Crippen MR) is 94.8 cm³/mol. The van der Waals surface area contributed by atoms with Gasteiger partial charge in [-0.25, -0.2) is 0 Å². The summed E-state index contributed by atoms with van der Waals surface area (Å²) in [4.78, 5) is 4.38. The number of halogens is 1. The lowest BCUT2D eigenvalue weighted by molar-refractivity contribution is 0.413. The molecule has 0 aliphatic heterocycles. The summed E-state index contributed by atoms with van der Waals surface area (Å²) in [7, 11) is 0. The molecule has 112 valence electrons. The highest BCUT2D eigenvalue weighted by atomic mass is 127. The molecule has 0 saturated heterocycles. The number of pyridine rings is 1. The van der Waals surface area contributed by atoms with E-state index in [4.69, 9.17) is 4.74 Å². The van der Waals surface area contributed by atoms with Gasteiger partial charge in [0.15, 0.2) is 0 Å². The van der Waals surface area contributed by atoms with Crippen LogP contribution in [0.15, 0.2) is 36.5 Å². The summed E-state index contributed by atoms with van der Waals surface area (Å²) >= 11 is 2.29. The van der Waals surface area contributed by atoms with Crippen molar-refractivity contribution >= 4 is 22.6 Å². The van der Waals surface area contributed by atoms with E-state index >= 15 is 0 Å². The SMILES string of the molecule is Cc1cc(Oc2cccc(I)c2)c(CNC(C)(C)C)cn1. The normalized spacial score (nSPS) is 11.5. The molecule has 0 saturated carbocycles. The molecule has 0 aliphatic rings. The first-order valence-corrected chi connectivity index (χ1v) is 8.05. The minimum absolute atomic E-state index is 0.0598. The highest BCUT2D eigenvalue weighted by Crippen LogP contribution is 2.27. The fraction of sp³-hybridized carbons (Fsp3) is 0.353. The van der Waals surface area contributed by atoms with Crippen molar-refractivity contribution in [3.63, 3.8) is 0 Å². The van der Waals surface area contributed by atoms with Gasteiger partial charge in [0.1, 0.15) is 11.5 Å². The van der Waals surface area contributed by atoms with E-state index in [0.29, 0.717) is 0 Å². The van der Waals surface area contributed by atoms with E-state index < -0.39 is 0 Å². The van der Waals surface area contributed by atoms with Gasteiger partial charge in [0.05, 0.1) is 0 Å². The van der Waals surface area contributed by atoms with Crippen molar-refractivity contribution in [2.45, 2.75) is 39.8 Å². The summed E-state index contributed by atoms with van der Waals surface area (Å²) in [5.41, 5.74) is 2.08. The standard InChI is InChI=1S/C17H21IN2O/c1-12-8-16(21-15-7-5-6-14(18)9-15)13(10-19-12)11-20-17(2,3)4/h5-10,20H,11H2,1-4H3. The Morgan fingerprint density at radius 3 is 2.67 bits per heavy atom. The molecule has 0 spiro atoms. The lowest BCUT2D eigenvalue weighted by Crippen LogP contribution is -2.35. The third-order valence-corrected chi connectivity index (χ3v) is 3.58. The summed E-state index contributed by atoms with van der Waals surface area (Å²) in [5.74, 6) is 1.71. The quantitative estimate of drug-likeness (QED) is 0.763. The molecule has 0 atom stereocenters. The number of nitrogens with zero attached hydrogens (tertiary/aromatic N) is 1. The Bertz CT molecular complexity index is 620. The summed E-state index contributed by atoms with van der Waals surface area (Å²) in [5, 5.41) is 3.47. The molecule has 0 bridgehead atoms. The molecule has 0 aliphatic carbocycles. The minimum atomic E-state index is 0.0598. The van der Waals surface area contributed by atoms with Crippen molar-refractivity contribution in [3.05, 3.63) is 51.4 Å². The predicted octanol–water partition coefficient (Wildman–Crippen LogP) is 4.68. The molecule has 4 heteroatoms. The first-order valence-electron chi connectivity index (χ1n) is 6.97. The highest BCUT2D eigenvalue weighted by Gasteiger charge is 2.12. The highest BCUT2D eigenvalue weighted by molar-refractivity contribution is 14.1. The average Bonchev–Trinajstić information content (AvgIpc) is 2.36. The van der Waals surface area contributed by atoms with Crippen LogP contribution in [-0.4, -0.2) is 10.5 Å². The van der Waals surface area contributed by atoms with E-state index in [1.807, 2.05) is 43.5 Å². The number of aromatic nitrogens is 1. The molecule has 0 unspecified atom stereocenters. The Hall–Kier alpha value is -1.14. The summed E-state index contributed by atoms with van der Waals surface area (Å²) in [6, 6.07) is 10.0. The van der Waals surface area contributed by atoms with E-state index in [9.17, 15) is 0 Å². The largest absolute Gasteiger partial charge is 0.457 e. The van der Waals surface area contributed by atoms with Crippen LogP contribution in [-0.2, 0) is 6.54 Å². The van der Waals surface area contributed by atoms with Crippen LogP contribution in [0.5, 0.6) is 11.5 Å². The third kappa shape index (κ3) is 5.28. The van der Waals surface area contributed by atoms with Gasteiger partial charge in [0, 0.05) is 39.2 Å². The fourth-order valence-corrected chi connectivity index (χ4v) is 2.32. The average molecular weight is 396 g/mol. The smallest absolute Gasteiger partial charge is 0.135 e. The van der Waals surface area contributed by atoms with Crippen molar-refractivity contribution in [2.75, 3.05) is 0 Å². The van der Waals surface area contributed by atoms with Gasteiger partial charge in [0.25, 0.3) is 0 Å². The number of benzene rings is 1. The van der Waals surface area contributed by atoms with Crippen LogP contribution in [0.4, 0.5) is 0 Å². The first-order chi connectivity index (χ1) is 9.83. The molecule has 0 amide bonds. The van der Waals surface area contributed by atoms with Crippen LogP contribution in [0.25, 0.3) is 0 Å². The first kappa shape index (κ1) is 16.2. The summed E-state index contributed by atoms with van der Waals surface area (Å²) in [6.07, 6.45) is 1.89. The van der Waals surface area contributed by atoms with E-state index in [0.717, 1.165) is 32.9 Å². The molecule has 2 aromatic rings. The van der Waals surface area contributed by atoms with E-state index in [2.05, 4.69) is 53.7 Å². The molecular weight excluding hydrogens is 375 g/mol.